The van der Waals surface area contributed by atoms with Crippen molar-refractivity contribution in [3.8, 4) is 17.2 Å². The molecule has 0 atom stereocenters. The molecule has 3 rings (SSSR count). The Balaban J connectivity index is 1.94. The molecule has 0 radical (unpaired) electrons. The highest BCUT2D eigenvalue weighted by atomic mass is 16.5. The monoisotopic (exact) mass is 230 g/mol. The third-order valence-corrected chi connectivity index (χ3v) is 3.04. The second-order valence-corrected chi connectivity index (χ2v) is 4.12. The Bertz CT molecular complexity index is 518. The molecule has 0 aliphatic carbocycles. The fourth-order valence-electron chi connectivity index (χ4n) is 1.91. The van der Waals surface area contributed by atoms with Gasteiger partial charge in [0.25, 0.3) is 0 Å². The van der Waals surface area contributed by atoms with E-state index < -0.39 is 0 Å². The number of oxazole rings is 1. The molecule has 17 heavy (non-hydrogen) atoms. The van der Waals surface area contributed by atoms with Gasteiger partial charge in [0, 0.05) is 19.0 Å². The first-order valence-corrected chi connectivity index (χ1v) is 5.68. The van der Waals surface area contributed by atoms with Crippen LogP contribution >= 0.6 is 0 Å². The third kappa shape index (κ3) is 1.80. The number of aromatic nitrogens is 1. The van der Waals surface area contributed by atoms with Crippen molar-refractivity contribution in [1.29, 1.82) is 0 Å². The maximum Gasteiger partial charge on any atom is 0.230 e. The standard InChI is InChI=1S/C13H14N2O2/c1-16-11-5-3-2-4-10(11)13-15-8-12(17-13)9-6-14-7-9/h2-5,8-9,14H,6-7H2,1H3. The summed E-state index contributed by atoms with van der Waals surface area (Å²) in [6.45, 7) is 1.95. The van der Waals surface area contributed by atoms with E-state index in [0.29, 0.717) is 11.8 Å². The topological polar surface area (TPSA) is 47.3 Å². The van der Waals surface area contributed by atoms with E-state index in [0.717, 1.165) is 30.2 Å². The van der Waals surface area contributed by atoms with Crippen molar-refractivity contribution < 1.29 is 9.15 Å². The lowest BCUT2D eigenvalue weighted by atomic mass is 10.0. The highest BCUT2D eigenvalue weighted by Crippen LogP contribution is 2.31. The minimum Gasteiger partial charge on any atom is -0.496 e. The Morgan fingerprint density at radius 1 is 1.35 bits per heavy atom. The number of para-hydroxylation sites is 1. The van der Waals surface area contributed by atoms with Crippen LogP contribution in [0.5, 0.6) is 5.75 Å². The van der Waals surface area contributed by atoms with Gasteiger partial charge < -0.3 is 14.5 Å². The van der Waals surface area contributed by atoms with Crippen LogP contribution in [-0.2, 0) is 0 Å². The van der Waals surface area contributed by atoms with Crippen LogP contribution in [0.15, 0.2) is 34.9 Å². The average molecular weight is 230 g/mol. The number of nitrogens with zero attached hydrogens (tertiary/aromatic N) is 1. The van der Waals surface area contributed by atoms with Gasteiger partial charge in [0.1, 0.15) is 11.5 Å². The predicted octanol–water partition coefficient (Wildman–Crippen LogP) is 2.04. The molecule has 0 bridgehead atoms. The van der Waals surface area contributed by atoms with Crippen LogP contribution in [0.1, 0.15) is 11.7 Å². The van der Waals surface area contributed by atoms with E-state index in [4.69, 9.17) is 9.15 Å². The lowest BCUT2D eigenvalue weighted by molar-refractivity contribution is 0.371. The van der Waals surface area contributed by atoms with Gasteiger partial charge in [-0.25, -0.2) is 4.98 Å². The number of hydrogen-bond donors (Lipinski definition) is 1. The molecule has 1 fully saturated rings. The zero-order valence-electron chi connectivity index (χ0n) is 9.64. The summed E-state index contributed by atoms with van der Waals surface area (Å²) in [6.07, 6.45) is 1.81. The minimum atomic E-state index is 0.464. The van der Waals surface area contributed by atoms with E-state index in [1.165, 1.54) is 0 Å². The normalized spacial score (nSPS) is 15.6. The van der Waals surface area contributed by atoms with Gasteiger partial charge in [0.2, 0.25) is 5.89 Å². The molecule has 1 N–H and O–H groups in total. The Morgan fingerprint density at radius 2 is 2.18 bits per heavy atom. The first kappa shape index (κ1) is 10.4. The maximum absolute atomic E-state index is 5.78. The van der Waals surface area contributed by atoms with Crippen molar-refractivity contribution in [1.82, 2.24) is 10.3 Å². The quantitative estimate of drug-likeness (QED) is 0.876. The lowest BCUT2D eigenvalue weighted by Crippen LogP contribution is -2.39. The molecule has 1 saturated heterocycles. The summed E-state index contributed by atoms with van der Waals surface area (Å²) in [6, 6.07) is 7.74. The molecule has 88 valence electrons. The first-order valence-electron chi connectivity index (χ1n) is 5.68. The van der Waals surface area contributed by atoms with Crippen LogP contribution in [0.25, 0.3) is 11.5 Å². The van der Waals surface area contributed by atoms with Crippen LogP contribution in [0.3, 0.4) is 0 Å². The highest BCUT2D eigenvalue weighted by molar-refractivity contribution is 5.62. The van der Waals surface area contributed by atoms with E-state index in [1.807, 2.05) is 30.5 Å². The maximum atomic E-state index is 5.78. The number of rotatable bonds is 3. The largest absolute Gasteiger partial charge is 0.496 e. The van der Waals surface area contributed by atoms with Gasteiger partial charge in [-0.1, -0.05) is 12.1 Å². The van der Waals surface area contributed by atoms with Gasteiger partial charge in [-0.3, -0.25) is 0 Å². The van der Waals surface area contributed by atoms with Crippen molar-refractivity contribution in [3.05, 3.63) is 36.2 Å². The van der Waals surface area contributed by atoms with Gasteiger partial charge in [0.05, 0.1) is 18.9 Å². The highest BCUT2D eigenvalue weighted by Gasteiger charge is 2.23. The fraction of sp³-hybridized carbons (Fsp3) is 0.308. The van der Waals surface area contributed by atoms with Crippen molar-refractivity contribution in [2.75, 3.05) is 20.2 Å². The van der Waals surface area contributed by atoms with Gasteiger partial charge in [0.15, 0.2) is 0 Å². The predicted molar refractivity (Wildman–Crippen MR) is 64.1 cm³/mol. The van der Waals surface area contributed by atoms with E-state index in [1.54, 1.807) is 7.11 Å². The average Bonchev–Trinajstić information content (AvgIpc) is 2.76. The van der Waals surface area contributed by atoms with Gasteiger partial charge in [-0.15, -0.1) is 0 Å². The molecule has 0 spiro atoms. The summed E-state index contributed by atoms with van der Waals surface area (Å²) in [7, 11) is 1.65. The molecule has 1 aromatic carbocycles. The van der Waals surface area contributed by atoms with E-state index in [2.05, 4.69) is 10.3 Å². The molecule has 0 unspecified atom stereocenters. The number of benzene rings is 1. The van der Waals surface area contributed by atoms with Crippen molar-refractivity contribution in [2.24, 2.45) is 0 Å². The molecule has 1 aliphatic rings. The number of hydrogen-bond acceptors (Lipinski definition) is 4. The molecular weight excluding hydrogens is 216 g/mol. The number of ether oxygens (including phenoxy) is 1. The van der Waals surface area contributed by atoms with Crippen LogP contribution in [0.4, 0.5) is 0 Å². The zero-order valence-corrected chi connectivity index (χ0v) is 9.64. The van der Waals surface area contributed by atoms with Gasteiger partial charge >= 0.3 is 0 Å². The summed E-state index contributed by atoms with van der Waals surface area (Å²) < 4.78 is 11.1. The number of methoxy groups -OCH3 is 1. The molecule has 2 heterocycles. The second kappa shape index (κ2) is 4.22. The fourth-order valence-corrected chi connectivity index (χ4v) is 1.91. The summed E-state index contributed by atoms with van der Waals surface area (Å²) in [5.41, 5.74) is 0.897. The van der Waals surface area contributed by atoms with Crippen LogP contribution < -0.4 is 10.1 Å². The van der Waals surface area contributed by atoms with Crippen LogP contribution in [0, 0.1) is 0 Å². The van der Waals surface area contributed by atoms with E-state index in [9.17, 15) is 0 Å². The zero-order chi connectivity index (χ0) is 11.7. The van der Waals surface area contributed by atoms with Crippen molar-refractivity contribution in [3.63, 3.8) is 0 Å². The van der Waals surface area contributed by atoms with E-state index in [-0.39, 0.29) is 0 Å². The van der Waals surface area contributed by atoms with E-state index >= 15 is 0 Å². The first-order chi connectivity index (χ1) is 8.38. The molecule has 4 heteroatoms. The van der Waals surface area contributed by atoms with Crippen LogP contribution in [-0.4, -0.2) is 25.2 Å². The second-order valence-electron chi connectivity index (χ2n) is 4.12. The molecule has 1 aliphatic heterocycles. The Morgan fingerprint density at radius 3 is 2.88 bits per heavy atom. The Kier molecular flexibility index (Phi) is 2.57. The van der Waals surface area contributed by atoms with Gasteiger partial charge in [-0.2, -0.15) is 0 Å². The summed E-state index contributed by atoms with van der Waals surface area (Å²) in [5.74, 6) is 2.83. The molecule has 2 aromatic rings. The summed E-state index contributed by atoms with van der Waals surface area (Å²) in [5, 5.41) is 3.22. The molecule has 0 amide bonds. The molecular formula is C13H14N2O2. The van der Waals surface area contributed by atoms with Crippen molar-refractivity contribution >= 4 is 0 Å². The third-order valence-electron chi connectivity index (χ3n) is 3.04. The molecule has 4 nitrogen and oxygen atoms in total. The Hall–Kier alpha value is -1.81. The number of nitrogens with one attached hydrogen (secondary N) is 1. The molecule has 1 aromatic heterocycles. The van der Waals surface area contributed by atoms with Crippen LogP contribution in [0.2, 0.25) is 0 Å². The van der Waals surface area contributed by atoms with Gasteiger partial charge in [-0.05, 0) is 12.1 Å². The lowest BCUT2D eigenvalue weighted by Gasteiger charge is -2.24. The Labute approximate surface area is 99.6 Å². The summed E-state index contributed by atoms with van der Waals surface area (Å²) in [4.78, 5) is 4.32. The minimum absolute atomic E-state index is 0.464. The molecule has 0 saturated carbocycles. The van der Waals surface area contributed by atoms with Crippen molar-refractivity contribution in [2.45, 2.75) is 5.92 Å². The summed E-state index contributed by atoms with van der Waals surface area (Å²) >= 11 is 0. The smallest absolute Gasteiger partial charge is 0.230 e. The SMILES string of the molecule is COc1ccccc1-c1ncc(C2CNC2)o1.